The van der Waals surface area contributed by atoms with Gasteiger partial charge < -0.3 is 9.64 Å². The van der Waals surface area contributed by atoms with Gasteiger partial charge in [0.15, 0.2) is 12.3 Å². The van der Waals surface area contributed by atoms with E-state index in [-0.39, 0.29) is 16.8 Å². The topological polar surface area (TPSA) is 32.5 Å². The van der Waals surface area contributed by atoms with Crippen LogP contribution in [-0.2, 0) is 20.4 Å². The molecule has 4 nitrogen and oxygen atoms in total. The van der Waals surface area contributed by atoms with E-state index in [2.05, 4.69) is 123 Å². The number of benzene rings is 3. The second-order valence-electron chi connectivity index (χ2n) is 14.1. The summed E-state index contributed by atoms with van der Waals surface area (Å²) in [6.45, 7) is 19.8. The van der Waals surface area contributed by atoms with Gasteiger partial charge >= 0.3 is 5.97 Å². The van der Waals surface area contributed by atoms with Crippen molar-refractivity contribution in [1.82, 2.24) is 0 Å². The third-order valence-electron chi connectivity index (χ3n) is 9.99. The van der Waals surface area contributed by atoms with Crippen molar-refractivity contribution < 1.29 is 14.1 Å². The van der Waals surface area contributed by atoms with Crippen molar-refractivity contribution in [2.24, 2.45) is 5.41 Å². The van der Waals surface area contributed by atoms with Gasteiger partial charge in [0.1, 0.15) is 0 Å². The van der Waals surface area contributed by atoms with E-state index in [1.165, 1.54) is 44.7 Å². The number of carbonyl (C=O) groups excluding carboxylic acids is 1. The summed E-state index contributed by atoms with van der Waals surface area (Å²) in [5.74, 6) is -0.113. The van der Waals surface area contributed by atoms with Crippen LogP contribution in [0.5, 0.6) is 0 Å². The Morgan fingerprint density at radius 1 is 0.932 bits per heavy atom. The molecular formula is C40H51N2O2+. The first-order valence-electron chi connectivity index (χ1n) is 16.6. The maximum absolute atomic E-state index is 12.6. The van der Waals surface area contributed by atoms with Crippen LogP contribution >= 0.6 is 0 Å². The SMILES string of the molecule is CCCCN1C(=CC=CC2=[N+](CCCOC(=O)C(C)(C)CC)c3ccccc3C2(C)C)C(C)(C)c2c1ccc1ccccc21. The van der Waals surface area contributed by atoms with Crippen molar-refractivity contribution in [3.05, 3.63) is 95.7 Å². The Morgan fingerprint density at radius 2 is 1.66 bits per heavy atom. The van der Waals surface area contributed by atoms with Gasteiger partial charge in [-0.05, 0) is 69.0 Å². The highest BCUT2D eigenvalue weighted by molar-refractivity contribution is 6.03. The zero-order valence-corrected chi connectivity index (χ0v) is 28.2. The third-order valence-corrected chi connectivity index (χ3v) is 9.99. The van der Waals surface area contributed by atoms with Crippen LogP contribution < -0.4 is 4.90 Å². The predicted molar refractivity (Wildman–Crippen MR) is 185 cm³/mol. The summed E-state index contributed by atoms with van der Waals surface area (Å²) in [6.07, 6.45) is 10.8. The molecule has 44 heavy (non-hydrogen) atoms. The molecule has 0 atom stereocenters. The van der Waals surface area contributed by atoms with E-state index >= 15 is 0 Å². The Balaban J connectivity index is 1.48. The molecule has 0 radical (unpaired) electrons. The number of nitrogens with zero attached hydrogens (tertiary/aromatic N) is 2. The lowest BCUT2D eigenvalue weighted by Gasteiger charge is -2.27. The van der Waals surface area contributed by atoms with Crippen LogP contribution in [0.2, 0.25) is 0 Å². The fourth-order valence-corrected chi connectivity index (χ4v) is 6.93. The van der Waals surface area contributed by atoms with Crippen LogP contribution in [0.1, 0.15) is 92.2 Å². The maximum Gasteiger partial charge on any atom is 0.311 e. The van der Waals surface area contributed by atoms with Gasteiger partial charge in [0, 0.05) is 47.5 Å². The summed E-state index contributed by atoms with van der Waals surface area (Å²) in [5.41, 5.74) is 7.26. The number of esters is 1. The number of ether oxygens (including phenoxy) is 1. The monoisotopic (exact) mass is 591 g/mol. The molecule has 4 heteroatoms. The van der Waals surface area contributed by atoms with E-state index < -0.39 is 5.41 Å². The molecular weight excluding hydrogens is 540 g/mol. The molecule has 5 rings (SSSR count). The molecule has 2 aliphatic rings. The highest BCUT2D eigenvalue weighted by atomic mass is 16.5. The Labute approximate surface area is 265 Å². The van der Waals surface area contributed by atoms with Gasteiger partial charge in [-0.1, -0.05) is 88.7 Å². The average Bonchev–Trinajstić information content (AvgIpc) is 3.36. The number of unbranched alkanes of at least 4 members (excludes halogenated alkanes) is 1. The Hall–Kier alpha value is -3.66. The van der Waals surface area contributed by atoms with Crippen molar-refractivity contribution in [2.75, 3.05) is 24.6 Å². The van der Waals surface area contributed by atoms with Crippen molar-refractivity contribution in [3.8, 4) is 0 Å². The molecule has 232 valence electrons. The molecule has 0 amide bonds. The lowest BCUT2D eigenvalue weighted by molar-refractivity contribution is -0.438. The van der Waals surface area contributed by atoms with Gasteiger partial charge in [-0.15, -0.1) is 0 Å². The zero-order valence-electron chi connectivity index (χ0n) is 28.2. The number of carbonyl (C=O) groups is 1. The smallest absolute Gasteiger partial charge is 0.311 e. The van der Waals surface area contributed by atoms with E-state index in [1.807, 2.05) is 20.8 Å². The lowest BCUT2D eigenvalue weighted by Crippen LogP contribution is -2.29. The number of rotatable bonds is 11. The third kappa shape index (κ3) is 5.64. The molecule has 3 aromatic carbocycles. The second-order valence-corrected chi connectivity index (χ2v) is 14.1. The average molecular weight is 592 g/mol. The zero-order chi connectivity index (χ0) is 31.7. The molecule has 0 spiro atoms. The molecule has 2 aliphatic heterocycles. The summed E-state index contributed by atoms with van der Waals surface area (Å²) in [4.78, 5) is 15.1. The van der Waals surface area contributed by atoms with Crippen LogP contribution in [0, 0.1) is 5.41 Å². The van der Waals surface area contributed by atoms with E-state index in [0.717, 1.165) is 38.8 Å². The number of hydrogen-bond acceptors (Lipinski definition) is 3. The second kappa shape index (κ2) is 12.4. The fraction of sp³-hybridized carbons (Fsp3) is 0.450. The summed E-state index contributed by atoms with van der Waals surface area (Å²) in [7, 11) is 0. The Morgan fingerprint density at radius 3 is 2.41 bits per heavy atom. The summed E-state index contributed by atoms with van der Waals surface area (Å²) < 4.78 is 8.13. The number of fused-ring (bicyclic) bond motifs is 4. The largest absolute Gasteiger partial charge is 0.465 e. The van der Waals surface area contributed by atoms with E-state index in [1.54, 1.807) is 0 Å². The Bertz CT molecular complexity index is 1640. The first-order valence-corrected chi connectivity index (χ1v) is 16.6. The van der Waals surface area contributed by atoms with Crippen LogP contribution in [0.15, 0.2) is 84.6 Å². The molecule has 0 N–H and O–H groups in total. The van der Waals surface area contributed by atoms with E-state index in [9.17, 15) is 4.79 Å². The summed E-state index contributed by atoms with van der Waals surface area (Å²) in [5, 5.41) is 2.65. The minimum atomic E-state index is -0.444. The van der Waals surface area contributed by atoms with E-state index in [4.69, 9.17) is 4.74 Å². The Kier molecular flexibility index (Phi) is 8.94. The molecule has 0 aliphatic carbocycles. The van der Waals surface area contributed by atoms with Crippen LogP contribution in [-0.4, -0.2) is 36.0 Å². The number of anilines is 1. The van der Waals surface area contributed by atoms with Gasteiger partial charge in [-0.2, -0.15) is 4.58 Å². The van der Waals surface area contributed by atoms with Gasteiger partial charge in [-0.25, -0.2) is 0 Å². The van der Waals surface area contributed by atoms with Gasteiger partial charge in [0.25, 0.3) is 0 Å². The molecule has 0 saturated heterocycles. The van der Waals surface area contributed by atoms with Crippen molar-refractivity contribution in [1.29, 1.82) is 0 Å². The van der Waals surface area contributed by atoms with Crippen molar-refractivity contribution in [3.63, 3.8) is 0 Å². The minimum absolute atomic E-state index is 0.113. The molecule has 0 fully saturated rings. The minimum Gasteiger partial charge on any atom is -0.465 e. The quantitative estimate of drug-likeness (QED) is 0.126. The molecule has 0 aromatic heterocycles. The maximum atomic E-state index is 12.6. The standard InChI is InChI=1S/C40H51N2O2/c1-9-11-26-42-33-25-24-29-18-12-13-19-30(29)36(33)40(7,8)35(42)23-16-22-34-39(5,6)31-20-14-15-21-32(31)41(34)27-17-28-44-37(43)38(3,4)10-2/h12-16,18-25H,9-11,17,26-28H2,1-8H3/q+1. The normalized spacial score (nSPS) is 18.0. The number of para-hydroxylation sites is 1. The number of hydrogen-bond donors (Lipinski definition) is 0. The van der Waals surface area contributed by atoms with Crippen molar-refractivity contribution >= 4 is 33.8 Å². The molecule has 0 unspecified atom stereocenters. The molecule has 3 aromatic rings. The van der Waals surface area contributed by atoms with Crippen LogP contribution in [0.3, 0.4) is 0 Å². The molecule has 0 bridgehead atoms. The predicted octanol–water partition coefficient (Wildman–Crippen LogP) is 9.62. The van der Waals surface area contributed by atoms with Gasteiger partial charge in [0.05, 0.1) is 17.4 Å². The first kappa shape index (κ1) is 31.8. The summed E-state index contributed by atoms with van der Waals surface area (Å²) in [6, 6.07) is 22.1. The summed E-state index contributed by atoms with van der Waals surface area (Å²) >= 11 is 0. The van der Waals surface area contributed by atoms with E-state index in [0.29, 0.717) is 6.61 Å². The number of allylic oxidation sites excluding steroid dienone is 4. The highest BCUT2D eigenvalue weighted by Gasteiger charge is 2.44. The van der Waals surface area contributed by atoms with Crippen LogP contribution in [0.25, 0.3) is 10.8 Å². The molecule has 0 saturated carbocycles. The molecule has 2 heterocycles. The van der Waals surface area contributed by atoms with Crippen molar-refractivity contribution in [2.45, 2.75) is 91.9 Å². The first-order chi connectivity index (χ1) is 20.9. The van der Waals surface area contributed by atoms with Gasteiger partial charge in [-0.3, -0.25) is 4.79 Å². The van der Waals surface area contributed by atoms with Gasteiger partial charge in [0.2, 0.25) is 5.69 Å². The highest BCUT2D eigenvalue weighted by Crippen LogP contribution is 2.51. The van der Waals surface area contributed by atoms with Crippen LogP contribution in [0.4, 0.5) is 11.4 Å². The lowest BCUT2D eigenvalue weighted by atomic mass is 9.80. The fourth-order valence-electron chi connectivity index (χ4n) is 6.93.